The van der Waals surface area contributed by atoms with Crippen LogP contribution in [0.1, 0.15) is 11.4 Å². The van der Waals surface area contributed by atoms with Gasteiger partial charge in [0.2, 0.25) is 0 Å². The maximum atomic E-state index is 12.7. The van der Waals surface area contributed by atoms with Gasteiger partial charge < -0.3 is 9.64 Å². The lowest BCUT2D eigenvalue weighted by atomic mass is 10.2. The normalized spacial score (nSPS) is 14.4. The SMILES string of the molecule is Cc1n[nH]c(C)c1S(=O)(=O)Nc1cccc2c1N(C)C(=O)CO2. The minimum absolute atomic E-state index is 0.0698. The molecular formula is C14H16N4O4S. The predicted octanol–water partition coefficient (Wildman–Crippen LogP) is 1.18. The highest BCUT2D eigenvalue weighted by molar-refractivity contribution is 7.92. The van der Waals surface area contributed by atoms with E-state index in [4.69, 9.17) is 4.74 Å². The number of para-hydroxylation sites is 1. The monoisotopic (exact) mass is 336 g/mol. The van der Waals surface area contributed by atoms with Crippen LogP contribution in [0, 0.1) is 13.8 Å². The highest BCUT2D eigenvalue weighted by Crippen LogP contribution is 2.39. The molecule has 1 aromatic heterocycles. The summed E-state index contributed by atoms with van der Waals surface area (Å²) in [5.41, 5.74) is 1.49. The van der Waals surface area contributed by atoms with Gasteiger partial charge in [-0.3, -0.25) is 14.6 Å². The number of nitrogens with one attached hydrogen (secondary N) is 2. The van der Waals surface area contributed by atoms with E-state index in [1.54, 1.807) is 39.1 Å². The Kier molecular flexibility index (Phi) is 3.52. The summed E-state index contributed by atoms with van der Waals surface area (Å²) in [6.07, 6.45) is 0. The lowest BCUT2D eigenvalue weighted by Crippen LogP contribution is -2.36. The highest BCUT2D eigenvalue weighted by Gasteiger charge is 2.28. The molecule has 122 valence electrons. The van der Waals surface area contributed by atoms with Gasteiger partial charge in [-0.05, 0) is 26.0 Å². The van der Waals surface area contributed by atoms with E-state index < -0.39 is 10.0 Å². The van der Waals surface area contributed by atoms with Crippen molar-refractivity contribution in [3.05, 3.63) is 29.6 Å². The van der Waals surface area contributed by atoms with E-state index in [1.165, 1.54) is 4.90 Å². The van der Waals surface area contributed by atoms with E-state index in [0.29, 0.717) is 22.8 Å². The van der Waals surface area contributed by atoms with E-state index >= 15 is 0 Å². The average Bonchev–Trinajstić information content (AvgIpc) is 2.82. The molecule has 0 saturated carbocycles. The lowest BCUT2D eigenvalue weighted by Gasteiger charge is -2.28. The number of hydrogen-bond donors (Lipinski definition) is 2. The van der Waals surface area contributed by atoms with E-state index in [2.05, 4.69) is 14.9 Å². The van der Waals surface area contributed by atoms with Crippen LogP contribution in [0.3, 0.4) is 0 Å². The van der Waals surface area contributed by atoms with Crippen molar-refractivity contribution in [3.63, 3.8) is 0 Å². The molecule has 3 rings (SSSR count). The van der Waals surface area contributed by atoms with E-state index in [1.807, 2.05) is 0 Å². The summed E-state index contributed by atoms with van der Waals surface area (Å²) in [4.78, 5) is 13.3. The van der Waals surface area contributed by atoms with Crippen LogP contribution in [-0.2, 0) is 14.8 Å². The number of ether oxygens (including phenoxy) is 1. The first-order valence-corrected chi connectivity index (χ1v) is 8.36. The van der Waals surface area contributed by atoms with Crippen LogP contribution >= 0.6 is 0 Å². The van der Waals surface area contributed by atoms with E-state index in [0.717, 1.165) is 0 Å². The first kappa shape index (κ1) is 15.3. The van der Waals surface area contributed by atoms with Crippen LogP contribution in [0.25, 0.3) is 0 Å². The second-order valence-electron chi connectivity index (χ2n) is 5.26. The molecule has 1 aliphatic rings. The smallest absolute Gasteiger partial charge is 0.265 e. The number of anilines is 2. The number of fused-ring (bicyclic) bond motifs is 1. The Morgan fingerprint density at radius 1 is 1.35 bits per heavy atom. The van der Waals surface area contributed by atoms with Crippen molar-refractivity contribution in [1.29, 1.82) is 0 Å². The number of aromatic amines is 1. The maximum Gasteiger partial charge on any atom is 0.265 e. The third-order valence-corrected chi connectivity index (χ3v) is 5.26. The largest absolute Gasteiger partial charge is 0.481 e. The molecule has 0 aliphatic carbocycles. The molecule has 1 aliphatic heterocycles. The molecule has 2 N–H and O–H groups in total. The number of amides is 1. The third-order valence-electron chi connectivity index (χ3n) is 3.63. The molecule has 8 nitrogen and oxygen atoms in total. The second kappa shape index (κ2) is 5.27. The number of sulfonamides is 1. The molecule has 0 spiro atoms. The second-order valence-corrected chi connectivity index (χ2v) is 6.88. The Morgan fingerprint density at radius 2 is 2.09 bits per heavy atom. The predicted molar refractivity (Wildman–Crippen MR) is 84.2 cm³/mol. The van der Waals surface area contributed by atoms with E-state index in [9.17, 15) is 13.2 Å². The van der Waals surface area contributed by atoms with Crippen molar-refractivity contribution in [1.82, 2.24) is 10.2 Å². The summed E-state index contributed by atoms with van der Waals surface area (Å²) in [5, 5.41) is 6.55. The summed E-state index contributed by atoms with van der Waals surface area (Å²) in [7, 11) is -2.26. The number of carbonyl (C=O) groups excluding carboxylic acids is 1. The topological polar surface area (TPSA) is 104 Å². The molecule has 0 atom stereocenters. The van der Waals surface area contributed by atoms with Crippen LogP contribution in [0.4, 0.5) is 11.4 Å². The number of benzene rings is 1. The minimum atomic E-state index is -3.84. The molecule has 23 heavy (non-hydrogen) atoms. The number of H-pyrrole nitrogens is 1. The van der Waals surface area contributed by atoms with Gasteiger partial charge in [-0.1, -0.05) is 6.07 Å². The summed E-state index contributed by atoms with van der Waals surface area (Å²) in [6, 6.07) is 4.93. The van der Waals surface area contributed by atoms with Crippen molar-refractivity contribution < 1.29 is 17.9 Å². The Labute approximate surface area is 133 Å². The summed E-state index contributed by atoms with van der Waals surface area (Å²) in [6.45, 7) is 3.17. The Morgan fingerprint density at radius 3 is 2.74 bits per heavy atom. The van der Waals surface area contributed by atoms with Crippen molar-refractivity contribution in [2.45, 2.75) is 18.7 Å². The van der Waals surface area contributed by atoms with Crippen LogP contribution < -0.4 is 14.4 Å². The number of hydrogen-bond acceptors (Lipinski definition) is 5. The van der Waals surface area contributed by atoms with Crippen LogP contribution in [0.2, 0.25) is 0 Å². The molecule has 0 fully saturated rings. The zero-order valence-corrected chi connectivity index (χ0v) is 13.7. The number of rotatable bonds is 3. The average molecular weight is 336 g/mol. The van der Waals surface area contributed by atoms with Crippen LogP contribution in [-0.4, -0.2) is 38.2 Å². The van der Waals surface area contributed by atoms with Crippen LogP contribution in [0.5, 0.6) is 5.75 Å². The third kappa shape index (κ3) is 2.52. The number of likely N-dealkylation sites (N-methyl/N-ethyl adjacent to an activating group) is 1. The molecule has 0 radical (unpaired) electrons. The van der Waals surface area contributed by atoms with Crippen LogP contribution in [0.15, 0.2) is 23.1 Å². The number of aromatic nitrogens is 2. The Bertz CT molecular complexity index is 869. The number of carbonyl (C=O) groups is 1. The van der Waals surface area contributed by atoms with Gasteiger partial charge in [0.05, 0.1) is 17.1 Å². The zero-order valence-electron chi connectivity index (χ0n) is 12.9. The highest BCUT2D eigenvalue weighted by atomic mass is 32.2. The van der Waals surface area contributed by atoms with Gasteiger partial charge in [0.15, 0.2) is 6.61 Å². The fourth-order valence-electron chi connectivity index (χ4n) is 2.56. The molecule has 0 bridgehead atoms. The van der Waals surface area contributed by atoms with Gasteiger partial charge in [0, 0.05) is 7.05 Å². The number of nitrogens with zero attached hydrogens (tertiary/aromatic N) is 2. The molecule has 0 unspecified atom stereocenters. The quantitative estimate of drug-likeness (QED) is 0.876. The maximum absolute atomic E-state index is 12.7. The fraction of sp³-hybridized carbons (Fsp3) is 0.286. The molecule has 1 aromatic carbocycles. The molecule has 2 heterocycles. The minimum Gasteiger partial charge on any atom is -0.481 e. The Balaban J connectivity index is 2.07. The summed E-state index contributed by atoms with van der Waals surface area (Å²) >= 11 is 0. The van der Waals surface area contributed by atoms with Gasteiger partial charge >= 0.3 is 0 Å². The number of aryl methyl sites for hydroxylation is 2. The van der Waals surface area contributed by atoms with Gasteiger partial charge in [0.25, 0.3) is 15.9 Å². The summed E-state index contributed by atoms with van der Waals surface area (Å²) in [5.74, 6) is 0.202. The van der Waals surface area contributed by atoms with Crippen molar-refractivity contribution in [3.8, 4) is 5.75 Å². The fourth-order valence-corrected chi connectivity index (χ4v) is 4.00. The van der Waals surface area contributed by atoms with Crippen molar-refractivity contribution >= 4 is 27.3 Å². The van der Waals surface area contributed by atoms with Crippen molar-refractivity contribution in [2.24, 2.45) is 0 Å². The lowest BCUT2D eigenvalue weighted by molar-refractivity contribution is -0.120. The first-order valence-electron chi connectivity index (χ1n) is 6.88. The standard InChI is InChI=1S/C14H16N4O4S/c1-8-14(9(2)16-15-8)23(20,21)17-10-5-4-6-11-13(10)18(3)12(19)7-22-11/h4-6,17H,7H2,1-3H3,(H,15,16). The summed E-state index contributed by atoms with van der Waals surface area (Å²) < 4.78 is 33.2. The zero-order chi connectivity index (χ0) is 16.8. The molecular weight excluding hydrogens is 320 g/mol. The van der Waals surface area contributed by atoms with Gasteiger partial charge in [-0.15, -0.1) is 0 Å². The molecule has 1 amide bonds. The molecule has 2 aromatic rings. The Hall–Kier alpha value is -2.55. The van der Waals surface area contributed by atoms with Gasteiger partial charge in [0.1, 0.15) is 16.3 Å². The van der Waals surface area contributed by atoms with E-state index in [-0.39, 0.29) is 23.1 Å². The first-order chi connectivity index (χ1) is 10.8. The molecule has 9 heteroatoms. The molecule has 0 saturated heterocycles. The van der Waals surface area contributed by atoms with Crippen molar-refractivity contribution in [2.75, 3.05) is 23.3 Å². The van der Waals surface area contributed by atoms with Gasteiger partial charge in [-0.25, -0.2) is 8.42 Å². The van der Waals surface area contributed by atoms with Gasteiger partial charge in [-0.2, -0.15) is 5.10 Å².